The molecule has 0 atom stereocenters. The van der Waals surface area contributed by atoms with Crippen molar-refractivity contribution in [2.75, 3.05) is 5.73 Å². The lowest BCUT2D eigenvalue weighted by molar-refractivity contribution is 0.591. The number of nitrogens with one attached hydrogen (secondary N) is 1. The van der Waals surface area contributed by atoms with Gasteiger partial charge in [0.2, 0.25) is 0 Å². The van der Waals surface area contributed by atoms with Gasteiger partial charge in [-0.15, -0.1) is 0 Å². The van der Waals surface area contributed by atoms with Crippen LogP contribution in [0.2, 0.25) is 0 Å². The largest absolute Gasteiger partial charge is 0.398 e. The summed E-state index contributed by atoms with van der Waals surface area (Å²) < 4.78 is 27.4. The number of halogens is 3. The van der Waals surface area contributed by atoms with Crippen LogP contribution in [0, 0.1) is 11.6 Å². The number of nitrogen functional groups attached to an aromatic ring is 1. The van der Waals surface area contributed by atoms with Crippen molar-refractivity contribution in [3.05, 3.63) is 46.4 Å². The number of anilines is 1. The standard InChI is InChI=1S/C13H8BrF2N3/c14-8-2-1-6(3-10(8)17)13-18-11-5-7(15)4-9(16)12(11)19-13/h1-5H,17H2,(H,18,19). The van der Waals surface area contributed by atoms with Gasteiger partial charge < -0.3 is 10.7 Å². The van der Waals surface area contributed by atoms with Crippen LogP contribution in [0.15, 0.2) is 34.8 Å². The lowest BCUT2D eigenvalue weighted by Gasteiger charge is -2.00. The Morgan fingerprint density at radius 3 is 2.68 bits per heavy atom. The summed E-state index contributed by atoms with van der Waals surface area (Å²) in [4.78, 5) is 7.00. The molecular weight excluding hydrogens is 316 g/mol. The fourth-order valence-corrected chi connectivity index (χ4v) is 2.12. The van der Waals surface area contributed by atoms with Gasteiger partial charge in [-0.2, -0.15) is 0 Å². The maximum absolute atomic E-state index is 13.6. The fourth-order valence-electron chi connectivity index (χ4n) is 1.87. The van der Waals surface area contributed by atoms with Crippen LogP contribution in [0.25, 0.3) is 22.4 Å². The highest BCUT2D eigenvalue weighted by Gasteiger charge is 2.11. The Labute approximate surface area is 115 Å². The van der Waals surface area contributed by atoms with Crippen molar-refractivity contribution in [2.24, 2.45) is 0 Å². The minimum atomic E-state index is -0.692. The van der Waals surface area contributed by atoms with Crippen molar-refractivity contribution in [3.8, 4) is 11.4 Å². The van der Waals surface area contributed by atoms with Gasteiger partial charge in [0.25, 0.3) is 0 Å². The highest BCUT2D eigenvalue weighted by Crippen LogP contribution is 2.27. The average Bonchev–Trinajstić information content (AvgIpc) is 2.76. The minimum absolute atomic E-state index is 0.109. The third kappa shape index (κ3) is 2.08. The van der Waals surface area contributed by atoms with E-state index in [1.807, 2.05) is 0 Å². The predicted molar refractivity (Wildman–Crippen MR) is 73.6 cm³/mol. The highest BCUT2D eigenvalue weighted by atomic mass is 79.9. The van der Waals surface area contributed by atoms with E-state index in [0.717, 1.165) is 10.5 Å². The molecule has 3 N–H and O–H groups in total. The second-order valence-electron chi connectivity index (χ2n) is 4.11. The molecule has 0 aliphatic heterocycles. The molecule has 96 valence electrons. The Balaban J connectivity index is 2.20. The molecule has 0 unspecified atom stereocenters. The summed E-state index contributed by atoms with van der Waals surface area (Å²) in [6.45, 7) is 0. The van der Waals surface area contributed by atoms with E-state index in [-0.39, 0.29) is 5.52 Å². The number of aromatic amines is 1. The molecule has 3 aromatic rings. The second-order valence-corrected chi connectivity index (χ2v) is 4.96. The molecule has 0 saturated heterocycles. The molecule has 1 aromatic heterocycles. The van der Waals surface area contributed by atoms with Gasteiger partial charge in [-0.1, -0.05) is 0 Å². The van der Waals surface area contributed by atoms with Crippen LogP contribution in [0.5, 0.6) is 0 Å². The molecular formula is C13H8BrF2N3. The molecule has 2 aromatic carbocycles. The number of aromatic nitrogens is 2. The summed E-state index contributed by atoms with van der Waals surface area (Å²) in [5.74, 6) is -0.892. The maximum atomic E-state index is 13.6. The zero-order valence-electron chi connectivity index (χ0n) is 9.55. The zero-order valence-corrected chi connectivity index (χ0v) is 11.1. The van der Waals surface area contributed by atoms with Crippen molar-refractivity contribution in [1.82, 2.24) is 9.97 Å². The smallest absolute Gasteiger partial charge is 0.153 e. The zero-order chi connectivity index (χ0) is 13.6. The van der Waals surface area contributed by atoms with Crippen LogP contribution in [0.4, 0.5) is 14.5 Å². The fraction of sp³-hybridized carbons (Fsp3) is 0. The number of rotatable bonds is 1. The summed E-state index contributed by atoms with van der Waals surface area (Å²) in [5.41, 5.74) is 7.46. The first-order valence-corrected chi connectivity index (χ1v) is 6.24. The Hall–Kier alpha value is -1.95. The number of fused-ring (bicyclic) bond motifs is 1. The number of imidazole rings is 1. The van der Waals surface area contributed by atoms with Gasteiger partial charge in [0.15, 0.2) is 5.82 Å². The number of hydrogen-bond donors (Lipinski definition) is 2. The van der Waals surface area contributed by atoms with Gasteiger partial charge in [-0.25, -0.2) is 13.8 Å². The summed E-state index contributed by atoms with van der Waals surface area (Å²) in [5, 5.41) is 0. The minimum Gasteiger partial charge on any atom is -0.398 e. The van der Waals surface area contributed by atoms with Crippen LogP contribution in [-0.4, -0.2) is 9.97 Å². The Bertz CT molecular complexity index is 783. The van der Waals surface area contributed by atoms with Crippen LogP contribution in [-0.2, 0) is 0 Å². The van der Waals surface area contributed by atoms with Crippen LogP contribution < -0.4 is 5.73 Å². The molecule has 0 fully saturated rings. The molecule has 0 aliphatic carbocycles. The van der Waals surface area contributed by atoms with E-state index in [1.54, 1.807) is 18.2 Å². The van der Waals surface area contributed by atoms with Crippen LogP contribution >= 0.6 is 15.9 Å². The van der Waals surface area contributed by atoms with Crippen LogP contribution in [0.3, 0.4) is 0 Å². The summed E-state index contributed by atoms with van der Waals surface area (Å²) in [7, 11) is 0. The third-order valence-electron chi connectivity index (χ3n) is 2.77. The molecule has 19 heavy (non-hydrogen) atoms. The van der Waals surface area contributed by atoms with E-state index in [2.05, 4.69) is 25.9 Å². The Kier molecular flexibility index (Phi) is 2.74. The highest BCUT2D eigenvalue weighted by molar-refractivity contribution is 9.10. The van der Waals surface area contributed by atoms with E-state index < -0.39 is 11.6 Å². The molecule has 3 rings (SSSR count). The first-order chi connectivity index (χ1) is 9.04. The maximum Gasteiger partial charge on any atom is 0.153 e. The van der Waals surface area contributed by atoms with E-state index in [4.69, 9.17) is 5.73 Å². The van der Waals surface area contributed by atoms with Crippen LogP contribution in [0.1, 0.15) is 0 Å². The van der Waals surface area contributed by atoms with Gasteiger partial charge in [-0.05, 0) is 40.2 Å². The summed E-state index contributed by atoms with van der Waals surface area (Å²) >= 11 is 3.29. The van der Waals surface area contributed by atoms with E-state index in [1.165, 1.54) is 6.07 Å². The van der Waals surface area contributed by atoms with E-state index in [0.29, 0.717) is 22.6 Å². The molecule has 0 aliphatic rings. The number of benzene rings is 2. The molecule has 1 heterocycles. The monoisotopic (exact) mass is 323 g/mol. The van der Waals surface area contributed by atoms with Crippen molar-refractivity contribution in [3.63, 3.8) is 0 Å². The predicted octanol–water partition coefficient (Wildman–Crippen LogP) is 3.85. The van der Waals surface area contributed by atoms with Gasteiger partial charge in [0.1, 0.15) is 17.2 Å². The van der Waals surface area contributed by atoms with Crippen molar-refractivity contribution in [1.29, 1.82) is 0 Å². The van der Waals surface area contributed by atoms with Gasteiger partial charge in [0.05, 0.1) is 5.52 Å². The molecule has 6 heteroatoms. The number of nitrogens with two attached hydrogens (primary N) is 1. The van der Waals surface area contributed by atoms with Gasteiger partial charge in [-0.3, -0.25) is 0 Å². The molecule has 3 nitrogen and oxygen atoms in total. The van der Waals surface area contributed by atoms with Gasteiger partial charge >= 0.3 is 0 Å². The lowest BCUT2D eigenvalue weighted by atomic mass is 10.2. The van der Waals surface area contributed by atoms with Gasteiger partial charge in [0, 0.05) is 21.8 Å². The number of hydrogen-bond acceptors (Lipinski definition) is 2. The first kappa shape index (κ1) is 12.1. The molecule has 0 radical (unpaired) electrons. The quantitative estimate of drug-likeness (QED) is 0.668. The SMILES string of the molecule is Nc1cc(-c2nc3c(F)cc(F)cc3[nH]2)ccc1Br. The first-order valence-electron chi connectivity index (χ1n) is 5.45. The Morgan fingerprint density at radius 2 is 1.95 bits per heavy atom. The second kappa shape index (κ2) is 4.31. The topological polar surface area (TPSA) is 54.7 Å². The van der Waals surface area contributed by atoms with Crippen molar-refractivity contribution < 1.29 is 8.78 Å². The van der Waals surface area contributed by atoms with E-state index >= 15 is 0 Å². The van der Waals surface area contributed by atoms with Crippen molar-refractivity contribution in [2.45, 2.75) is 0 Å². The van der Waals surface area contributed by atoms with E-state index in [9.17, 15) is 8.78 Å². The number of nitrogens with zero attached hydrogens (tertiary/aromatic N) is 1. The number of H-pyrrole nitrogens is 1. The normalized spacial score (nSPS) is 11.1. The average molecular weight is 324 g/mol. The molecule has 0 spiro atoms. The van der Waals surface area contributed by atoms with Crippen molar-refractivity contribution >= 4 is 32.7 Å². The summed E-state index contributed by atoms with van der Waals surface area (Å²) in [6.07, 6.45) is 0. The third-order valence-corrected chi connectivity index (χ3v) is 3.50. The molecule has 0 saturated carbocycles. The Morgan fingerprint density at radius 1 is 1.16 bits per heavy atom. The molecule has 0 amide bonds. The molecule has 0 bridgehead atoms. The lowest BCUT2D eigenvalue weighted by Crippen LogP contribution is -1.88. The summed E-state index contributed by atoms with van der Waals surface area (Å²) in [6, 6.07) is 7.28.